The molecular weight excluding hydrogens is 560 g/mol. The predicted molar refractivity (Wildman–Crippen MR) is 191 cm³/mol. The molecule has 0 atom stereocenters. The van der Waals surface area contributed by atoms with Crippen molar-refractivity contribution in [3.05, 3.63) is 158 Å². The maximum atomic E-state index is 6.44. The molecule has 1 aliphatic rings. The first-order valence-corrected chi connectivity index (χ1v) is 15.7. The van der Waals surface area contributed by atoms with Crippen LogP contribution in [0.1, 0.15) is 0 Å². The van der Waals surface area contributed by atoms with Crippen LogP contribution in [0, 0.1) is 0 Å². The second-order valence-corrected chi connectivity index (χ2v) is 12.1. The van der Waals surface area contributed by atoms with Gasteiger partial charge in [0.2, 0.25) is 0 Å². The zero-order chi connectivity index (χ0) is 30.2. The Labute approximate surface area is 265 Å². The average Bonchev–Trinajstić information content (AvgIpc) is 3.52. The first kappa shape index (κ1) is 25.2. The maximum absolute atomic E-state index is 6.44. The molecule has 9 aromatic rings. The Hall–Kier alpha value is -6.12. The van der Waals surface area contributed by atoms with Crippen molar-refractivity contribution in [2.75, 3.05) is 0 Å². The molecule has 0 fully saturated rings. The molecule has 46 heavy (non-hydrogen) atoms. The minimum Gasteiger partial charge on any atom is -0.456 e. The molecule has 0 radical (unpaired) electrons. The largest absolute Gasteiger partial charge is 0.456 e. The van der Waals surface area contributed by atoms with Crippen LogP contribution in [0.3, 0.4) is 0 Å². The molecule has 2 nitrogen and oxygen atoms in total. The Morgan fingerprint density at radius 1 is 0.348 bits per heavy atom. The summed E-state index contributed by atoms with van der Waals surface area (Å²) < 4.78 is 12.8. The highest BCUT2D eigenvalue weighted by Crippen LogP contribution is 2.47. The molecule has 0 bridgehead atoms. The van der Waals surface area contributed by atoms with Crippen molar-refractivity contribution < 1.29 is 9.15 Å². The highest BCUT2D eigenvalue weighted by Gasteiger charge is 2.20. The minimum atomic E-state index is 0.898. The van der Waals surface area contributed by atoms with Gasteiger partial charge in [-0.15, -0.1) is 0 Å². The zero-order valence-corrected chi connectivity index (χ0v) is 24.8. The molecule has 0 N–H and O–H groups in total. The number of rotatable bonds is 3. The Morgan fingerprint density at radius 2 is 1.04 bits per heavy atom. The number of hydrogen-bond donors (Lipinski definition) is 0. The van der Waals surface area contributed by atoms with Gasteiger partial charge in [-0.1, -0.05) is 121 Å². The topological polar surface area (TPSA) is 22.4 Å². The number of ether oxygens (including phenoxy) is 1. The van der Waals surface area contributed by atoms with E-state index >= 15 is 0 Å². The van der Waals surface area contributed by atoms with Crippen molar-refractivity contribution in [3.63, 3.8) is 0 Å². The fourth-order valence-electron chi connectivity index (χ4n) is 7.26. The quantitative estimate of drug-likeness (QED) is 0.205. The molecule has 2 heteroatoms. The van der Waals surface area contributed by atoms with E-state index in [-0.39, 0.29) is 0 Å². The second-order valence-electron chi connectivity index (χ2n) is 12.1. The van der Waals surface area contributed by atoms with E-state index in [0.717, 1.165) is 44.4 Å². The highest BCUT2D eigenvalue weighted by atomic mass is 16.5. The predicted octanol–water partition coefficient (Wildman–Crippen LogP) is 12.7. The van der Waals surface area contributed by atoms with Crippen LogP contribution < -0.4 is 4.74 Å². The van der Waals surface area contributed by atoms with Crippen LogP contribution in [0.15, 0.2) is 162 Å². The van der Waals surface area contributed by atoms with Crippen LogP contribution in [-0.2, 0) is 0 Å². The normalized spacial score (nSPS) is 12.1. The van der Waals surface area contributed by atoms with Gasteiger partial charge in [0.15, 0.2) is 0 Å². The molecule has 10 rings (SSSR count). The number of furan rings is 1. The molecule has 0 aliphatic carbocycles. The van der Waals surface area contributed by atoms with Crippen molar-refractivity contribution in [1.82, 2.24) is 0 Å². The molecule has 0 saturated heterocycles. The highest BCUT2D eigenvalue weighted by molar-refractivity contribution is 6.19. The van der Waals surface area contributed by atoms with Gasteiger partial charge < -0.3 is 9.15 Å². The maximum Gasteiger partial charge on any atom is 0.143 e. The van der Waals surface area contributed by atoms with Gasteiger partial charge in [0.1, 0.15) is 22.7 Å². The summed E-state index contributed by atoms with van der Waals surface area (Å²) in [6, 6.07) is 56.1. The monoisotopic (exact) mass is 586 g/mol. The molecule has 2 heterocycles. The van der Waals surface area contributed by atoms with Gasteiger partial charge in [-0.05, 0) is 86.1 Å². The van der Waals surface area contributed by atoms with E-state index in [2.05, 4.69) is 158 Å². The average molecular weight is 587 g/mol. The lowest BCUT2D eigenvalue weighted by molar-refractivity contribution is 0.487. The summed E-state index contributed by atoms with van der Waals surface area (Å²) in [7, 11) is 0. The molecule has 0 amide bonds. The van der Waals surface area contributed by atoms with E-state index < -0.39 is 0 Å². The fourth-order valence-corrected chi connectivity index (χ4v) is 7.26. The lowest BCUT2D eigenvalue weighted by Gasteiger charge is -2.22. The van der Waals surface area contributed by atoms with Gasteiger partial charge in [-0.25, -0.2) is 0 Å². The molecule has 0 saturated carbocycles. The smallest absolute Gasteiger partial charge is 0.143 e. The third-order valence-electron chi connectivity index (χ3n) is 9.47. The minimum absolute atomic E-state index is 0.898. The summed E-state index contributed by atoms with van der Waals surface area (Å²) in [5, 5.41) is 7.02. The molecule has 8 aromatic carbocycles. The van der Waals surface area contributed by atoms with Gasteiger partial charge in [-0.3, -0.25) is 0 Å². The second kappa shape index (κ2) is 9.69. The summed E-state index contributed by atoms with van der Waals surface area (Å²) >= 11 is 0. The van der Waals surface area contributed by atoms with Crippen molar-refractivity contribution in [2.45, 2.75) is 0 Å². The van der Waals surface area contributed by atoms with Crippen molar-refractivity contribution in [1.29, 1.82) is 0 Å². The lowest BCUT2D eigenvalue weighted by atomic mass is 9.91. The zero-order valence-electron chi connectivity index (χ0n) is 24.8. The third-order valence-corrected chi connectivity index (χ3v) is 9.47. The molecule has 214 valence electrons. The van der Waals surface area contributed by atoms with E-state index in [4.69, 9.17) is 9.15 Å². The molecule has 0 unspecified atom stereocenters. The summed E-state index contributed by atoms with van der Waals surface area (Å²) in [6.45, 7) is 0. The molecule has 1 aliphatic heterocycles. The third kappa shape index (κ3) is 3.77. The SMILES string of the molecule is c1cc(-c2ccc(-c3cccc4oc5c6ccccc6ccc5c34)cc2)cc(-c2ccc3c(c2)-c2cccc4cccc(c24)O3)c1. The summed E-state index contributed by atoms with van der Waals surface area (Å²) in [4.78, 5) is 0. The van der Waals surface area contributed by atoms with E-state index in [9.17, 15) is 0 Å². The number of fused-ring (bicyclic) bond motifs is 7. The molecule has 1 aromatic heterocycles. The van der Waals surface area contributed by atoms with E-state index in [1.54, 1.807) is 0 Å². The summed E-state index contributed by atoms with van der Waals surface area (Å²) in [5.74, 6) is 1.82. The number of benzene rings is 8. The van der Waals surface area contributed by atoms with Crippen molar-refractivity contribution in [2.24, 2.45) is 0 Å². The Morgan fingerprint density at radius 3 is 1.96 bits per heavy atom. The lowest BCUT2D eigenvalue weighted by Crippen LogP contribution is -1.97. The van der Waals surface area contributed by atoms with E-state index in [0.29, 0.717) is 0 Å². The van der Waals surface area contributed by atoms with Gasteiger partial charge in [0.25, 0.3) is 0 Å². The van der Waals surface area contributed by atoms with Crippen LogP contribution in [0.5, 0.6) is 11.5 Å². The molecule has 0 spiro atoms. The molecular formula is C44H26O2. The van der Waals surface area contributed by atoms with Crippen LogP contribution in [0.2, 0.25) is 0 Å². The van der Waals surface area contributed by atoms with Crippen LogP contribution in [0.25, 0.3) is 88.0 Å². The van der Waals surface area contributed by atoms with Crippen LogP contribution >= 0.6 is 0 Å². The Balaban J connectivity index is 1.02. The van der Waals surface area contributed by atoms with Crippen molar-refractivity contribution in [3.8, 4) is 56.0 Å². The van der Waals surface area contributed by atoms with Gasteiger partial charge >= 0.3 is 0 Å². The first-order chi connectivity index (χ1) is 22.8. The Bertz CT molecular complexity index is 2650. The van der Waals surface area contributed by atoms with E-state index in [1.165, 1.54) is 55.1 Å². The number of hydrogen-bond acceptors (Lipinski definition) is 2. The van der Waals surface area contributed by atoms with Gasteiger partial charge in [0, 0.05) is 27.1 Å². The van der Waals surface area contributed by atoms with Crippen LogP contribution in [0.4, 0.5) is 0 Å². The van der Waals surface area contributed by atoms with Crippen molar-refractivity contribution >= 4 is 43.5 Å². The fraction of sp³-hybridized carbons (Fsp3) is 0. The van der Waals surface area contributed by atoms with Gasteiger partial charge in [-0.2, -0.15) is 0 Å². The Kier molecular flexibility index (Phi) is 5.31. The summed E-state index contributed by atoms with van der Waals surface area (Å²) in [5.41, 5.74) is 11.3. The van der Waals surface area contributed by atoms with Crippen LogP contribution in [-0.4, -0.2) is 0 Å². The first-order valence-electron chi connectivity index (χ1n) is 15.7. The standard InChI is InChI=1S/C44H26O2/c1-2-12-35-28(7-1)21-23-37-43-34(13-6-16-41(43)46-44(35)37)29-19-17-27(18-20-29)31-10-3-11-32(25-31)33-22-24-39-38(26-33)36-14-4-8-30-9-5-15-40(45-39)42(30)36/h1-26H. The van der Waals surface area contributed by atoms with Gasteiger partial charge in [0.05, 0.1) is 0 Å². The summed E-state index contributed by atoms with van der Waals surface area (Å²) in [6.07, 6.45) is 0. The van der Waals surface area contributed by atoms with E-state index in [1.807, 2.05) is 0 Å².